The number of nitrogens with zero attached hydrogens (tertiary/aromatic N) is 3. The Kier molecular flexibility index (Phi) is 3.38. The summed E-state index contributed by atoms with van der Waals surface area (Å²) in [5.74, 6) is 0. The number of aromatic nitrogens is 2. The molecule has 1 N–H and O–H groups in total. The summed E-state index contributed by atoms with van der Waals surface area (Å²) >= 11 is 0. The number of imidazole rings is 1. The summed E-state index contributed by atoms with van der Waals surface area (Å²) in [5, 5.41) is 19.8. The SMILES string of the molecule is Cc1c(Cn2cnc(CO)c2)cccc1[N+](=O)[O-]. The first kappa shape index (κ1) is 12.3. The minimum atomic E-state index is -0.383. The molecule has 0 amide bonds. The molecule has 0 saturated heterocycles. The number of rotatable bonds is 4. The minimum Gasteiger partial charge on any atom is -0.390 e. The highest BCUT2D eigenvalue weighted by molar-refractivity contribution is 5.44. The van der Waals surface area contributed by atoms with Crippen LogP contribution in [0.1, 0.15) is 16.8 Å². The van der Waals surface area contributed by atoms with Gasteiger partial charge in [-0.3, -0.25) is 10.1 Å². The second-order valence-corrected chi connectivity index (χ2v) is 4.01. The summed E-state index contributed by atoms with van der Waals surface area (Å²) in [7, 11) is 0. The number of aliphatic hydroxyl groups is 1. The molecule has 1 heterocycles. The minimum absolute atomic E-state index is 0.110. The average molecular weight is 247 g/mol. The number of nitro benzene ring substituents is 1. The van der Waals surface area contributed by atoms with Gasteiger partial charge in [0.15, 0.2) is 0 Å². The van der Waals surface area contributed by atoms with Gasteiger partial charge >= 0.3 is 0 Å². The Morgan fingerprint density at radius 3 is 2.89 bits per heavy atom. The number of nitro groups is 1. The molecule has 0 fully saturated rings. The fourth-order valence-corrected chi connectivity index (χ4v) is 1.81. The van der Waals surface area contributed by atoms with E-state index in [1.165, 1.54) is 6.07 Å². The largest absolute Gasteiger partial charge is 0.390 e. The van der Waals surface area contributed by atoms with Gasteiger partial charge in [0.2, 0.25) is 0 Å². The molecule has 0 bridgehead atoms. The van der Waals surface area contributed by atoms with Gasteiger partial charge < -0.3 is 9.67 Å². The predicted molar refractivity (Wildman–Crippen MR) is 65.1 cm³/mol. The molecule has 0 atom stereocenters. The molecule has 94 valence electrons. The van der Waals surface area contributed by atoms with Crippen LogP contribution >= 0.6 is 0 Å². The molecule has 1 aromatic heterocycles. The second-order valence-electron chi connectivity index (χ2n) is 4.01. The van der Waals surface area contributed by atoms with Crippen molar-refractivity contribution in [1.82, 2.24) is 9.55 Å². The van der Waals surface area contributed by atoms with Crippen LogP contribution in [-0.2, 0) is 13.2 Å². The molecule has 0 aliphatic heterocycles. The molecule has 0 spiro atoms. The molecule has 0 radical (unpaired) electrons. The van der Waals surface area contributed by atoms with Crippen molar-refractivity contribution in [3.05, 3.63) is 57.7 Å². The van der Waals surface area contributed by atoms with Crippen molar-refractivity contribution in [2.24, 2.45) is 0 Å². The molecule has 1 aromatic carbocycles. The van der Waals surface area contributed by atoms with E-state index in [-0.39, 0.29) is 17.2 Å². The second kappa shape index (κ2) is 4.97. The zero-order valence-electron chi connectivity index (χ0n) is 9.91. The van der Waals surface area contributed by atoms with E-state index in [9.17, 15) is 10.1 Å². The summed E-state index contributed by atoms with van der Waals surface area (Å²) in [6.07, 6.45) is 3.32. The zero-order valence-corrected chi connectivity index (χ0v) is 9.91. The van der Waals surface area contributed by atoms with Crippen LogP contribution in [0.2, 0.25) is 0 Å². The molecule has 6 nitrogen and oxygen atoms in total. The van der Waals surface area contributed by atoms with E-state index in [1.807, 2.05) is 6.07 Å². The number of hydrogen-bond acceptors (Lipinski definition) is 4. The molecule has 2 aromatic rings. The average Bonchev–Trinajstić information content (AvgIpc) is 2.79. The number of benzene rings is 1. The third-order valence-corrected chi connectivity index (χ3v) is 2.82. The maximum atomic E-state index is 10.8. The molecule has 0 aliphatic rings. The Bertz CT molecular complexity index is 578. The first-order chi connectivity index (χ1) is 8.61. The van der Waals surface area contributed by atoms with Crippen molar-refractivity contribution in [2.75, 3.05) is 0 Å². The molecule has 0 aliphatic carbocycles. The Morgan fingerprint density at radius 2 is 2.28 bits per heavy atom. The van der Waals surface area contributed by atoms with Crippen LogP contribution in [-0.4, -0.2) is 19.6 Å². The van der Waals surface area contributed by atoms with Crippen molar-refractivity contribution >= 4 is 5.69 Å². The maximum Gasteiger partial charge on any atom is 0.272 e. The molecular formula is C12H13N3O3. The van der Waals surface area contributed by atoms with Crippen LogP contribution in [0.25, 0.3) is 0 Å². The van der Waals surface area contributed by atoms with Gasteiger partial charge in [-0.05, 0) is 12.5 Å². The molecule has 2 rings (SSSR count). The van der Waals surface area contributed by atoms with E-state index in [4.69, 9.17) is 5.11 Å². The van der Waals surface area contributed by atoms with Crippen molar-refractivity contribution < 1.29 is 10.0 Å². The van der Waals surface area contributed by atoms with Crippen LogP contribution in [0.15, 0.2) is 30.7 Å². The summed E-state index contributed by atoms with van der Waals surface area (Å²) in [6, 6.07) is 5.01. The van der Waals surface area contributed by atoms with E-state index in [2.05, 4.69) is 4.98 Å². The highest BCUT2D eigenvalue weighted by Crippen LogP contribution is 2.21. The van der Waals surface area contributed by atoms with Gasteiger partial charge in [0.25, 0.3) is 5.69 Å². The Morgan fingerprint density at radius 1 is 1.50 bits per heavy atom. The van der Waals surface area contributed by atoms with E-state index < -0.39 is 0 Å². The molecule has 0 saturated carbocycles. The number of hydrogen-bond donors (Lipinski definition) is 1. The summed E-state index contributed by atoms with van der Waals surface area (Å²) < 4.78 is 1.79. The Hall–Kier alpha value is -2.21. The fraction of sp³-hybridized carbons (Fsp3) is 0.250. The Labute approximate surface area is 104 Å². The van der Waals surface area contributed by atoms with E-state index >= 15 is 0 Å². The van der Waals surface area contributed by atoms with Gasteiger partial charge in [-0.15, -0.1) is 0 Å². The van der Waals surface area contributed by atoms with Crippen molar-refractivity contribution in [1.29, 1.82) is 0 Å². The first-order valence-corrected chi connectivity index (χ1v) is 5.46. The van der Waals surface area contributed by atoms with Gasteiger partial charge in [0.05, 0.1) is 23.6 Å². The van der Waals surface area contributed by atoms with Crippen molar-refractivity contribution in [2.45, 2.75) is 20.1 Å². The monoisotopic (exact) mass is 247 g/mol. The first-order valence-electron chi connectivity index (χ1n) is 5.46. The summed E-state index contributed by atoms with van der Waals surface area (Å²) in [4.78, 5) is 14.4. The van der Waals surface area contributed by atoms with E-state index in [0.29, 0.717) is 17.8 Å². The predicted octanol–water partition coefficient (Wildman–Crippen LogP) is 1.64. The molecule has 0 unspecified atom stereocenters. The normalized spacial score (nSPS) is 10.6. The molecule has 18 heavy (non-hydrogen) atoms. The van der Waals surface area contributed by atoms with Gasteiger partial charge in [-0.2, -0.15) is 0 Å². The van der Waals surface area contributed by atoms with E-state index in [1.54, 1.807) is 30.1 Å². The fourth-order valence-electron chi connectivity index (χ4n) is 1.81. The van der Waals surface area contributed by atoms with Gasteiger partial charge in [-0.25, -0.2) is 4.98 Å². The zero-order chi connectivity index (χ0) is 13.1. The number of aliphatic hydroxyl groups excluding tert-OH is 1. The van der Waals surface area contributed by atoms with Crippen LogP contribution in [0.5, 0.6) is 0 Å². The van der Waals surface area contributed by atoms with Crippen LogP contribution in [0, 0.1) is 17.0 Å². The maximum absolute atomic E-state index is 10.8. The van der Waals surface area contributed by atoms with Gasteiger partial charge in [0, 0.05) is 24.4 Å². The lowest BCUT2D eigenvalue weighted by atomic mass is 10.1. The quantitative estimate of drug-likeness (QED) is 0.657. The lowest BCUT2D eigenvalue weighted by Crippen LogP contribution is -2.01. The molecule has 6 heteroatoms. The van der Waals surface area contributed by atoms with Crippen LogP contribution < -0.4 is 0 Å². The highest BCUT2D eigenvalue weighted by atomic mass is 16.6. The third-order valence-electron chi connectivity index (χ3n) is 2.82. The van der Waals surface area contributed by atoms with Crippen molar-refractivity contribution in [3.63, 3.8) is 0 Å². The summed E-state index contributed by atoms with van der Waals surface area (Å²) in [5.41, 5.74) is 2.22. The smallest absolute Gasteiger partial charge is 0.272 e. The van der Waals surface area contributed by atoms with Crippen LogP contribution in [0.3, 0.4) is 0 Å². The Balaban J connectivity index is 2.29. The lowest BCUT2D eigenvalue weighted by molar-refractivity contribution is -0.385. The lowest BCUT2D eigenvalue weighted by Gasteiger charge is -2.06. The van der Waals surface area contributed by atoms with Gasteiger partial charge in [0.1, 0.15) is 0 Å². The third kappa shape index (κ3) is 2.38. The highest BCUT2D eigenvalue weighted by Gasteiger charge is 2.13. The van der Waals surface area contributed by atoms with Crippen molar-refractivity contribution in [3.8, 4) is 0 Å². The topological polar surface area (TPSA) is 81.2 Å². The standard InChI is InChI=1S/C12H13N3O3/c1-9-10(3-2-4-12(9)15(17)18)5-14-6-11(7-16)13-8-14/h2-4,6,8,16H,5,7H2,1H3. The summed E-state index contributed by atoms with van der Waals surface area (Å²) in [6.45, 7) is 2.12. The van der Waals surface area contributed by atoms with Gasteiger partial charge in [-0.1, -0.05) is 12.1 Å². The van der Waals surface area contributed by atoms with Crippen LogP contribution in [0.4, 0.5) is 5.69 Å². The van der Waals surface area contributed by atoms with E-state index in [0.717, 1.165) is 5.56 Å². The molecular weight excluding hydrogens is 234 g/mol.